The summed E-state index contributed by atoms with van der Waals surface area (Å²) in [6, 6.07) is 7.33. The molecule has 0 unspecified atom stereocenters. The molecule has 0 heterocycles. The van der Waals surface area contributed by atoms with Crippen LogP contribution in [-0.4, -0.2) is 26.2 Å². The average Bonchev–Trinajstić information content (AvgIpc) is 2.27. The number of carbonyl (C=O) groups is 1. The van der Waals surface area contributed by atoms with E-state index < -0.39 is 0 Å². The van der Waals surface area contributed by atoms with E-state index >= 15 is 0 Å². The van der Waals surface area contributed by atoms with Gasteiger partial charge in [0.2, 0.25) is 5.91 Å². The largest absolute Gasteiger partial charge is 0.493 e. The van der Waals surface area contributed by atoms with Crippen LogP contribution in [0.1, 0.15) is 13.8 Å². The Hall–Kier alpha value is -1.55. The van der Waals surface area contributed by atoms with Crippen LogP contribution in [0.25, 0.3) is 0 Å². The Kier molecular flexibility index (Phi) is 5.49. The summed E-state index contributed by atoms with van der Waals surface area (Å²) in [5.41, 5.74) is 0.716. The molecule has 17 heavy (non-hydrogen) atoms. The maximum Gasteiger partial charge on any atom is 0.250 e. The summed E-state index contributed by atoms with van der Waals surface area (Å²) in [6.07, 6.45) is 0. The molecule has 1 N–H and O–H groups in total. The first kappa shape index (κ1) is 13.5. The van der Waals surface area contributed by atoms with Crippen molar-refractivity contribution in [1.82, 2.24) is 0 Å². The smallest absolute Gasteiger partial charge is 0.250 e. The zero-order valence-electron chi connectivity index (χ0n) is 10.5. The molecule has 4 nitrogen and oxygen atoms in total. The topological polar surface area (TPSA) is 47.6 Å². The second-order valence-corrected chi connectivity index (χ2v) is 4.21. The normalized spacial score (nSPS) is 10.4. The Labute approximate surface area is 102 Å². The van der Waals surface area contributed by atoms with Gasteiger partial charge in [-0.15, -0.1) is 0 Å². The van der Waals surface area contributed by atoms with Crippen LogP contribution < -0.4 is 10.1 Å². The van der Waals surface area contributed by atoms with Crippen molar-refractivity contribution in [2.24, 2.45) is 5.92 Å². The zero-order valence-corrected chi connectivity index (χ0v) is 10.5. The predicted molar refractivity (Wildman–Crippen MR) is 67.3 cm³/mol. The first-order chi connectivity index (χ1) is 8.11. The van der Waals surface area contributed by atoms with Gasteiger partial charge >= 0.3 is 0 Å². The fraction of sp³-hybridized carbons (Fsp3) is 0.462. The third-order valence-electron chi connectivity index (χ3n) is 1.98. The number of carbonyl (C=O) groups excluding carboxylic acids is 1. The molecule has 1 rings (SSSR count). The highest BCUT2D eigenvalue weighted by atomic mass is 16.5. The molecule has 1 aromatic carbocycles. The van der Waals surface area contributed by atoms with Crippen LogP contribution in [0.2, 0.25) is 0 Å². The predicted octanol–water partition coefficient (Wildman–Crippen LogP) is 2.31. The second kappa shape index (κ2) is 6.91. The maximum atomic E-state index is 11.3. The van der Waals surface area contributed by atoms with Crippen molar-refractivity contribution < 1.29 is 14.3 Å². The lowest BCUT2D eigenvalue weighted by atomic mass is 10.2. The van der Waals surface area contributed by atoms with Gasteiger partial charge in [-0.05, 0) is 18.1 Å². The molecule has 94 valence electrons. The van der Waals surface area contributed by atoms with E-state index in [1.165, 1.54) is 7.11 Å². The molecule has 1 amide bonds. The highest BCUT2D eigenvalue weighted by Crippen LogP contribution is 2.17. The second-order valence-electron chi connectivity index (χ2n) is 4.21. The molecule has 4 heteroatoms. The van der Waals surface area contributed by atoms with Gasteiger partial charge in [-0.2, -0.15) is 0 Å². The lowest BCUT2D eigenvalue weighted by Gasteiger charge is -2.10. The standard InChI is InChI=1S/C13H19NO3/c1-10(2)8-17-12-6-4-5-11(7-12)14-13(15)9-16-3/h4-7,10H,8-9H2,1-3H3,(H,14,15). The van der Waals surface area contributed by atoms with Crippen LogP contribution in [0.5, 0.6) is 5.75 Å². The van der Waals surface area contributed by atoms with Crippen LogP contribution in [0.3, 0.4) is 0 Å². The molecule has 0 aliphatic carbocycles. The van der Waals surface area contributed by atoms with E-state index in [1.807, 2.05) is 18.2 Å². The van der Waals surface area contributed by atoms with Gasteiger partial charge in [0.05, 0.1) is 6.61 Å². The fourth-order valence-corrected chi connectivity index (χ4v) is 1.25. The number of anilines is 1. The minimum atomic E-state index is -0.173. The van der Waals surface area contributed by atoms with E-state index in [-0.39, 0.29) is 12.5 Å². The number of nitrogens with one attached hydrogen (secondary N) is 1. The van der Waals surface area contributed by atoms with Crippen molar-refractivity contribution >= 4 is 11.6 Å². The summed E-state index contributed by atoms with van der Waals surface area (Å²) >= 11 is 0. The number of hydrogen-bond acceptors (Lipinski definition) is 3. The summed E-state index contributed by atoms with van der Waals surface area (Å²) in [4.78, 5) is 11.3. The minimum absolute atomic E-state index is 0.0527. The third kappa shape index (κ3) is 5.36. The highest BCUT2D eigenvalue weighted by Gasteiger charge is 2.03. The molecule has 0 fully saturated rings. The van der Waals surface area contributed by atoms with Crippen LogP contribution in [-0.2, 0) is 9.53 Å². The first-order valence-corrected chi connectivity index (χ1v) is 5.63. The summed E-state index contributed by atoms with van der Waals surface area (Å²) in [5.74, 6) is 1.06. The molecule has 0 aliphatic heterocycles. The van der Waals surface area contributed by atoms with Crippen molar-refractivity contribution in [2.75, 3.05) is 25.6 Å². The van der Waals surface area contributed by atoms with Crippen LogP contribution in [0.4, 0.5) is 5.69 Å². The van der Waals surface area contributed by atoms with E-state index in [2.05, 4.69) is 19.2 Å². The third-order valence-corrected chi connectivity index (χ3v) is 1.98. The SMILES string of the molecule is COCC(=O)Nc1cccc(OCC(C)C)c1. The number of methoxy groups -OCH3 is 1. The van der Waals surface area contributed by atoms with Gasteiger partial charge < -0.3 is 14.8 Å². The van der Waals surface area contributed by atoms with Gasteiger partial charge in [-0.1, -0.05) is 19.9 Å². The monoisotopic (exact) mass is 237 g/mol. The van der Waals surface area contributed by atoms with Gasteiger partial charge in [-0.3, -0.25) is 4.79 Å². The molecule has 0 aliphatic rings. The number of amides is 1. The van der Waals surface area contributed by atoms with Gasteiger partial charge in [0.15, 0.2) is 0 Å². The molecule has 1 aromatic rings. The average molecular weight is 237 g/mol. The Morgan fingerprint density at radius 2 is 2.18 bits per heavy atom. The number of hydrogen-bond donors (Lipinski definition) is 1. The van der Waals surface area contributed by atoms with Gasteiger partial charge in [0.1, 0.15) is 12.4 Å². The quantitative estimate of drug-likeness (QED) is 0.826. The molecule has 0 aromatic heterocycles. The van der Waals surface area contributed by atoms with Crippen LogP contribution in [0, 0.1) is 5.92 Å². The summed E-state index contributed by atoms with van der Waals surface area (Å²) in [5, 5.41) is 2.73. The summed E-state index contributed by atoms with van der Waals surface area (Å²) in [6.45, 7) is 4.89. The summed E-state index contributed by atoms with van der Waals surface area (Å²) in [7, 11) is 1.49. The molecular formula is C13H19NO3. The zero-order chi connectivity index (χ0) is 12.7. The fourth-order valence-electron chi connectivity index (χ4n) is 1.25. The van der Waals surface area contributed by atoms with Gasteiger partial charge in [0.25, 0.3) is 0 Å². The Morgan fingerprint density at radius 1 is 1.41 bits per heavy atom. The number of ether oxygens (including phenoxy) is 2. The van der Waals surface area contributed by atoms with Crippen molar-refractivity contribution in [1.29, 1.82) is 0 Å². The van der Waals surface area contributed by atoms with Crippen LogP contribution in [0.15, 0.2) is 24.3 Å². The van der Waals surface area contributed by atoms with E-state index in [0.717, 1.165) is 5.75 Å². The van der Waals surface area contributed by atoms with Crippen molar-refractivity contribution in [2.45, 2.75) is 13.8 Å². The molecule has 0 atom stereocenters. The molecule has 0 saturated carbocycles. The van der Waals surface area contributed by atoms with Crippen molar-refractivity contribution in [3.8, 4) is 5.75 Å². The Morgan fingerprint density at radius 3 is 2.82 bits per heavy atom. The van der Waals surface area contributed by atoms with E-state index in [4.69, 9.17) is 9.47 Å². The van der Waals surface area contributed by atoms with E-state index in [9.17, 15) is 4.79 Å². The maximum absolute atomic E-state index is 11.3. The number of benzene rings is 1. The van der Waals surface area contributed by atoms with Crippen molar-refractivity contribution in [3.05, 3.63) is 24.3 Å². The molecule has 0 spiro atoms. The summed E-state index contributed by atoms with van der Waals surface area (Å²) < 4.78 is 10.3. The Balaban J connectivity index is 2.56. The molecule has 0 radical (unpaired) electrons. The van der Waals surface area contributed by atoms with Crippen LogP contribution >= 0.6 is 0 Å². The minimum Gasteiger partial charge on any atom is -0.493 e. The molecule has 0 bridgehead atoms. The molecule has 0 saturated heterocycles. The lowest BCUT2D eigenvalue weighted by Crippen LogP contribution is -2.17. The lowest BCUT2D eigenvalue weighted by molar-refractivity contribution is -0.119. The van der Waals surface area contributed by atoms with Gasteiger partial charge in [0, 0.05) is 18.9 Å². The van der Waals surface area contributed by atoms with Gasteiger partial charge in [-0.25, -0.2) is 0 Å². The first-order valence-electron chi connectivity index (χ1n) is 5.63. The van der Waals surface area contributed by atoms with E-state index in [0.29, 0.717) is 18.2 Å². The molecular weight excluding hydrogens is 218 g/mol. The van der Waals surface area contributed by atoms with E-state index in [1.54, 1.807) is 6.07 Å². The number of rotatable bonds is 6. The van der Waals surface area contributed by atoms with Crippen molar-refractivity contribution in [3.63, 3.8) is 0 Å². The highest BCUT2D eigenvalue weighted by molar-refractivity contribution is 5.91. The Bertz CT molecular complexity index is 363.